The molecule has 0 aromatic rings. The van der Waals surface area contributed by atoms with Gasteiger partial charge in [-0.2, -0.15) is 12.6 Å². The van der Waals surface area contributed by atoms with Crippen molar-refractivity contribution in [3.05, 3.63) is 0 Å². The molecule has 0 heterocycles. The number of thiol groups is 1. The summed E-state index contributed by atoms with van der Waals surface area (Å²) < 4.78 is 10.9. The van der Waals surface area contributed by atoms with E-state index in [-0.39, 0.29) is 0 Å². The Bertz CT molecular complexity index is 105. The molecule has 2 nitrogen and oxygen atoms in total. The van der Waals surface area contributed by atoms with E-state index in [9.17, 15) is 0 Å². The minimum Gasteiger partial charge on any atom is -0.379 e. The first-order chi connectivity index (χ1) is 6.85. The summed E-state index contributed by atoms with van der Waals surface area (Å²) in [5.41, 5.74) is 0. The van der Waals surface area contributed by atoms with Crippen LogP contribution in [0.15, 0.2) is 0 Å². The van der Waals surface area contributed by atoms with Crippen LogP contribution in [0.5, 0.6) is 0 Å². The molecule has 86 valence electrons. The fraction of sp³-hybridized carbons (Fsp3) is 1.00. The van der Waals surface area contributed by atoms with Crippen LogP contribution < -0.4 is 0 Å². The first-order valence-corrected chi connectivity index (χ1v) is 6.24. The highest BCUT2D eigenvalue weighted by molar-refractivity contribution is 7.80. The minimum absolute atomic E-state index is 0.592. The third-order valence-corrected chi connectivity index (χ3v) is 2.72. The summed E-state index contributed by atoms with van der Waals surface area (Å²) in [6, 6.07) is 0. The van der Waals surface area contributed by atoms with Gasteiger partial charge in [0.05, 0.1) is 19.8 Å². The molecule has 0 fully saturated rings. The molecule has 1 unspecified atom stereocenters. The molecule has 0 radical (unpaired) electrons. The Morgan fingerprint density at radius 1 is 1.07 bits per heavy atom. The van der Waals surface area contributed by atoms with Gasteiger partial charge >= 0.3 is 0 Å². The van der Waals surface area contributed by atoms with E-state index < -0.39 is 0 Å². The van der Waals surface area contributed by atoms with Gasteiger partial charge in [-0.15, -0.1) is 0 Å². The number of ether oxygens (including phenoxy) is 2. The average Bonchev–Trinajstić information content (AvgIpc) is 2.22. The molecule has 0 rings (SSSR count). The van der Waals surface area contributed by atoms with Crippen LogP contribution in [0.1, 0.15) is 33.1 Å². The van der Waals surface area contributed by atoms with Crippen LogP contribution in [0.25, 0.3) is 0 Å². The summed E-state index contributed by atoms with van der Waals surface area (Å²) in [5, 5.41) is 0. The Labute approximate surface area is 93.8 Å². The molecule has 0 saturated carbocycles. The van der Waals surface area contributed by atoms with E-state index in [0.717, 1.165) is 38.4 Å². The molecule has 0 aliphatic rings. The largest absolute Gasteiger partial charge is 0.379 e. The summed E-state index contributed by atoms with van der Waals surface area (Å²) in [5.74, 6) is 1.50. The van der Waals surface area contributed by atoms with E-state index >= 15 is 0 Å². The van der Waals surface area contributed by atoms with Crippen molar-refractivity contribution < 1.29 is 9.47 Å². The predicted molar refractivity (Wildman–Crippen MR) is 64.2 cm³/mol. The fourth-order valence-corrected chi connectivity index (χ4v) is 1.38. The third kappa shape index (κ3) is 8.85. The summed E-state index contributed by atoms with van der Waals surface area (Å²) >= 11 is 4.26. The Morgan fingerprint density at radius 2 is 1.79 bits per heavy atom. The minimum atomic E-state index is 0.592. The molecule has 0 spiro atoms. The van der Waals surface area contributed by atoms with Crippen molar-refractivity contribution in [2.75, 3.05) is 32.2 Å². The van der Waals surface area contributed by atoms with Crippen LogP contribution in [0, 0.1) is 5.92 Å². The molecule has 3 heteroatoms. The van der Waals surface area contributed by atoms with E-state index in [1.807, 2.05) is 0 Å². The zero-order chi connectivity index (χ0) is 10.6. The fourth-order valence-electron chi connectivity index (χ4n) is 1.02. The van der Waals surface area contributed by atoms with E-state index in [0.29, 0.717) is 12.5 Å². The topological polar surface area (TPSA) is 18.5 Å². The quantitative estimate of drug-likeness (QED) is 0.451. The number of unbranched alkanes of at least 4 members (excludes halogenated alkanes) is 1. The van der Waals surface area contributed by atoms with Gasteiger partial charge in [-0.05, 0) is 18.1 Å². The zero-order valence-electron chi connectivity index (χ0n) is 9.50. The summed E-state index contributed by atoms with van der Waals surface area (Å²) in [6.45, 7) is 7.46. The maximum Gasteiger partial charge on any atom is 0.0700 e. The Morgan fingerprint density at radius 3 is 2.36 bits per heavy atom. The Balaban J connectivity index is 3.04. The highest BCUT2D eigenvalue weighted by atomic mass is 32.1. The molecule has 0 aromatic heterocycles. The van der Waals surface area contributed by atoms with Crippen molar-refractivity contribution in [3.63, 3.8) is 0 Å². The van der Waals surface area contributed by atoms with E-state index in [4.69, 9.17) is 9.47 Å². The third-order valence-electron chi connectivity index (χ3n) is 2.20. The SMILES string of the molecule is CCCCOCCOCC(CC)CS. The summed E-state index contributed by atoms with van der Waals surface area (Å²) in [4.78, 5) is 0. The summed E-state index contributed by atoms with van der Waals surface area (Å²) in [6.07, 6.45) is 3.48. The van der Waals surface area contributed by atoms with Gasteiger partial charge in [0.15, 0.2) is 0 Å². The lowest BCUT2D eigenvalue weighted by atomic mass is 10.1. The Kier molecular flexibility index (Phi) is 11.6. The number of hydrogen-bond acceptors (Lipinski definition) is 3. The lowest BCUT2D eigenvalue weighted by molar-refractivity contribution is 0.0350. The summed E-state index contributed by atoms with van der Waals surface area (Å²) in [7, 11) is 0. The average molecular weight is 220 g/mol. The first-order valence-electron chi connectivity index (χ1n) is 5.61. The maximum absolute atomic E-state index is 5.48. The highest BCUT2D eigenvalue weighted by Crippen LogP contribution is 2.04. The van der Waals surface area contributed by atoms with Crippen molar-refractivity contribution in [1.29, 1.82) is 0 Å². The lowest BCUT2D eigenvalue weighted by Crippen LogP contribution is -2.13. The van der Waals surface area contributed by atoms with E-state index in [1.165, 1.54) is 6.42 Å². The molecular weight excluding hydrogens is 196 g/mol. The van der Waals surface area contributed by atoms with E-state index in [2.05, 4.69) is 26.5 Å². The Hall–Kier alpha value is 0.270. The van der Waals surface area contributed by atoms with Crippen molar-refractivity contribution in [1.82, 2.24) is 0 Å². The van der Waals surface area contributed by atoms with Crippen LogP contribution in [0.2, 0.25) is 0 Å². The van der Waals surface area contributed by atoms with Crippen molar-refractivity contribution in [2.45, 2.75) is 33.1 Å². The molecule has 0 amide bonds. The normalized spacial score (nSPS) is 13.1. The predicted octanol–water partition coefficient (Wildman–Crippen LogP) is 2.78. The molecule has 0 N–H and O–H groups in total. The van der Waals surface area contributed by atoms with Crippen molar-refractivity contribution in [3.8, 4) is 0 Å². The standard InChI is InChI=1S/C11H24O2S/c1-3-5-6-12-7-8-13-9-11(4-2)10-14/h11,14H,3-10H2,1-2H3. The lowest BCUT2D eigenvalue weighted by Gasteiger charge is -2.12. The van der Waals surface area contributed by atoms with Gasteiger partial charge < -0.3 is 9.47 Å². The molecule has 0 bridgehead atoms. The monoisotopic (exact) mass is 220 g/mol. The second-order valence-corrected chi connectivity index (χ2v) is 3.86. The molecule has 0 aliphatic carbocycles. The maximum atomic E-state index is 5.48. The van der Waals surface area contributed by atoms with E-state index in [1.54, 1.807) is 0 Å². The van der Waals surface area contributed by atoms with Crippen LogP contribution in [0.4, 0.5) is 0 Å². The number of rotatable bonds is 10. The van der Waals surface area contributed by atoms with Gasteiger partial charge in [0.1, 0.15) is 0 Å². The molecule has 1 atom stereocenters. The van der Waals surface area contributed by atoms with Gasteiger partial charge in [-0.3, -0.25) is 0 Å². The zero-order valence-corrected chi connectivity index (χ0v) is 10.4. The van der Waals surface area contributed by atoms with Gasteiger partial charge in [0, 0.05) is 6.61 Å². The molecule has 0 aromatic carbocycles. The van der Waals surface area contributed by atoms with Gasteiger partial charge in [0.25, 0.3) is 0 Å². The van der Waals surface area contributed by atoms with Crippen molar-refractivity contribution >= 4 is 12.6 Å². The molecule has 0 aliphatic heterocycles. The molecular formula is C11H24O2S. The second-order valence-electron chi connectivity index (χ2n) is 3.50. The number of hydrogen-bond donors (Lipinski definition) is 1. The van der Waals surface area contributed by atoms with Gasteiger partial charge in [0.2, 0.25) is 0 Å². The van der Waals surface area contributed by atoms with Gasteiger partial charge in [-0.1, -0.05) is 26.7 Å². The van der Waals surface area contributed by atoms with Crippen molar-refractivity contribution in [2.24, 2.45) is 5.92 Å². The second kappa shape index (κ2) is 11.3. The van der Waals surface area contributed by atoms with Crippen LogP contribution >= 0.6 is 12.6 Å². The molecule has 14 heavy (non-hydrogen) atoms. The van der Waals surface area contributed by atoms with Crippen LogP contribution in [0.3, 0.4) is 0 Å². The van der Waals surface area contributed by atoms with Crippen LogP contribution in [-0.4, -0.2) is 32.2 Å². The smallest absolute Gasteiger partial charge is 0.0700 e. The van der Waals surface area contributed by atoms with Crippen LogP contribution in [-0.2, 0) is 9.47 Å². The highest BCUT2D eigenvalue weighted by Gasteiger charge is 2.02. The first kappa shape index (κ1) is 14.3. The molecule has 0 saturated heterocycles. The van der Waals surface area contributed by atoms with Gasteiger partial charge in [-0.25, -0.2) is 0 Å².